The summed E-state index contributed by atoms with van der Waals surface area (Å²) in [5, 5.41) is 10.6. The summed E-state index contributed by atoms with van der Waals surface area (Å²) in [6.07, 6.45) is -2.85. The molecule has 4 aromatic rings. The largest absolute Gasteiger partial charge is 0.497 e. The second kappa shape index (κ2) is 18.5. The monoisotopic (exact) mass is 736 g/mol. The lowest BCUT2D eigenvalue weighted by Gasteiger charge is -2.27. The maximum Gasteiger partial charge on any atom is 0.475 e. The molecule has 1 N–H and O–H groups in total. The molecule has 0 spiro atoms. The average Bonchev–Trinajstić information content (AvgIpc) is 3.51. The third-order valence-electron chi connectivity index (χ3n) is 7.88. The quantitative estimate of drug-likeness (QED) is 0.0778. The third-order valence-corrected chi connectivity index (χ3v) is 9.30. The summed E-state index contributed by atoms with van der Waals surface area (Å²) in [6.45, 7) is -1.16. The molecular weight excluding hydrogens is 695 g/mol. The Balaban J connectivity index is 1.40. The van der Waals surface area contributed by atoms with Crippen LogP contribution in [-0.4, -0.2) is 58.3 Å². The summed E-state index contributed by atoms with van der Waals surface area (Å²) in [4.78, 5) is 13.3. The van der Waals surface area contributed by atoms with E-state index in [-0.39, 0.29) is 37.9 Å². The summed E-state index contributed by atoms with van der Waals surface area (Å²) >= 11 is 0. The van der Waals surface area contributed by atoms with E-state index in [2.05, 4.69) is 0 Å². The summed E-state index contributed by atoms with van der Waals surface area (Å²) in [5.41, 5.74) is 2.75. The van der Waals surface area contributed by atoms with E-state index in [1.165, 1.54) is 0 Å². The molecule has 0 saturated heterocycles. The number of carbonyl (C=O) groups excluding carboxylic acids is 1. The first-order valence-corrected chi connectivity index (χ1v) is 17.6. The number of hydrogen-bond donors (Lipinski definition) is 1. The SMILES string of the molecule is COc1ccc(COC2=C(OCc3ccc(OC)cc3)[C@@H]([C@H](CO)OP(=O)(OCc3ccc(OC)cc3)OCc3ccc(OC)cc3)OC2=O)cc1. The van der Waals surface area contributed by atoms with Gasteiger partial charge in [-0.15, -0.1) is 0 Å². The lowest BCUT2D eigenvalue weighted by molar-refractivity contribution is -0.148. The second-order valence-corrected chi connectivity index (χ2v) is 12.9. The van der Waals surface area contributed by atoms with Gasteiger partial charge in [0, 0.05) is 0 Å². The zero-order valence-electron chi connectivity index (χ0n) is 29.2. The average molecular weight is 737 g/mol. The van der Waals surface area contributed by atoms with Crippen LogP contribution in [-0.2, 0) is 63.6 Å². The van der Waals surface area contributed by atoms with E-state index in [0.29, 0.717) is 34.1 Å². The van der Waals surface area contributed by atoms with E-state index >= 15 is 0 Å². The highest BCUT2D eigenvalue weighted by Gasteiger charge is 2.46. The van der Waals surface area contributed by atoms with Crippen molar-refractivity contribution in [2.45, 2.75) is 38.6 Å². The minimum Gasteiger partial charge on any atom is -0.497 e. The number of phosphoric ester groups is 1. The fraction of sp³-hybridized carbons (Fsp3) is 0.289. The number of rotatable bonds is 20. The molecule has 13 nitrogen and oxygen atoms in total. The van der Waals surface area contributed by atoms with Gasteiger partial charge in [0.15, 0.2) is 11.9 Å². The number of carbonyl (C=O) groups is 1. The van der Waals surface area contributed by atoms with Crippen molar-refractivity contribution in [1.29, 1.82) is 0 Å². The van der Waals surface area contributed by atoms with Gasteiger partial charge in [-0.05, 0) is 70.8 Å². The number of aliphatic hydroxyl groups is 1. The van der Waals surface area contributed by atoms with Gasteiger partial charge in [-0.25, -0.2) is 9.36 Å². The molecule has 0 unspecified atom stereocenters. The van der Waals surface area contributed by atoms with Crippen LogP contribution in [0.25, 0.3) is 0 Å². The van der Waals surface area contributed by atoms with Crippen LogP contribution in [0.2, 0.25) is 0 Å². The van der Waals surface area contributed by atoms with Crippen molar-refractivity contribution in [3.05, 3.63) is 131 Å². The van der Waals surface area contributed by atoms with Gasteiger partial charge in [0.05, 0.1) is 48.3 Å². The van der Waals surface area contributed by atoms with E-state index in [1.54, 1.807) is 126 Å². The van der Waals surface area contributed by atoms with Gasteiger partial charge in [-0.2, -0.15) is 0 Å². The van der Waals surface area contributed by atoms with Gasteiger partial charge >= 0.3 is 13.8 Å². The van der Waals surface area contributed by atoms with Crippen molar-refractivity contribution in [3.63, 3.8) is 0 Å². The fourth-order valence-electron chi connectivity index (χ4n) is 4.93. The number of methoxy groups -OCH3 is 4. The van der Waals surface area contributed by atoms with Crippen molar-refractivity contribution in [2.24, 2.45) is 0 Å². The summed E-state index contributed by atoms with van der Waals surface area (Å²) in [6, 6.07) is 28.0. The molecule has 5 rings (SSSR count). The standard InChI is InChI=1S/C38H41O13P/c1-42-30-13-5-26(6-14-30)22-46-36-35(50-38(40)37(36)47-23-27-7-15-31(43-2)16-8-27)34(21-39)51-52(41,48-24-28-9-17-32(44-3)18-10-28)49-25-29-11-19-33(45-4)20-12-29/h5-20,34-35,39H,21-25H2,1-4H3/t34-,35+/m0/s1. The Morgan fingerprint density at radius 3 is 1.33 bits per heavy atom. The molecule has 276 valence electrons. The molecule has 0 aliphatic carbocycles. The Bertz CT molecular complexity index is 1750. The molecule has 1 aliphatic rings. The highest BCUT2D eigenvalue weighted by Crippen LogP contribution is 2.53. The molecule has 0 saturated carbocycles. The molecule has 1 aliphatic heterocycles. The van der Waals surface area contributed by atoms with E-state index in [9.17, 15) is 14.5 Å². The lowest BCUT2D eigenvalue weighted by atomic mass is 10.1. The molecule has 4 aromatic carbocycles. The Morgan fingerprint density at radius 2 is 0.962 bits per heavy atom. The maximum absolute atomic E-state index is 14.3. The first-order valence-electron chi connectivity index (χ1n) is 16.2. The molecule has 14 heteroatoms. The number of esters is 1. The number of ether oxygens (including phenoxy) is 7. The van der Waals surface area contributed by atoms with Gasteiger partial charge in [-0.1, -0.05) is 48.5 Å². The van der Waals surface area contributed by atoms with Gasteiger partial charge < -0.3 is 38.3 Å². The van der Waals surface area contributed by atoms with Crippen molar-refractivity contribution >= 4 is 13.8 Å². The zero-order valence-corrected chi connectivity index (χ0v) is 30.1. The van der Waals surface area contributed by atoms with Crippen molar-refractivity contribution in [1.82, 2.24) is 0 Å². The Kier molecular flexibility index (Phi) is 13.6. The molecule has 2 atom stereocenters. The highest BCUT2D eigenvalue weighted by atomic mass is 31.2. The molecule has 0 aromatic heterocycles. The van der Waals surface area contributed by atoms with Gasteiger partial charge in [0.25, 0.3) is 0 Å². The molecule has 52 heavy (non-hydrogen) atoms. The summed E-state index contributed by atoms with van der Waals surface area (Å²) < 4.78 is 70.5. The van der Waals surface area contributed by atoms with Crippen LogP contribution in [0.5, 0.6) is 23.0 Å². The second-order valence-electron chi connectivity index (χ2n) is 11.3. The third kappa shape index (κ3) is 10.3. The first-order chi connectivity index (χ1) is 25.3. The van der Waals surface area contributed by atoms with E-state index in [0.717, 1.165) is 11.1 Å². The number of phosphoric acid groups is 1. The predicted octanol–water partition coefficient (Wildman–Crippen LogP) is 6.51. The van der Waals surface area contributed by atoms with Crippen LogP contribution in [0, 0.1) is 0 Å². The van der Waals surface area contributed by atoms with Gasteiger partial charge in [0.2, 0.25) is 5.76 Å². The maximum atomic E-state index is 14.3. The van der Waals surface area contributed by atoms with Crippen LogP contribution in [0.3, 0.4) is 0 Å². The van der Waals surface area contributed by atoms with E-state index < -0.39 is 32.6 Å². The molecule has 0 bridgehead atoms. The molecule has 1 heterocycles. The highest BCUT2D eigenvalue weighted by molar-refractivity contribution is 7.48. The number of benzene rings is 4. The van der Waals surface area contributed by atoms with Crippen LogP contribution >= 0.6 is 7.82 Å². The predicted molar refractivity (Wildman–Crippen MR) is 188 cm³/mol. The van der Waals surface area contributed by atoms with E-state index in [4.69, 9.17) is 46.7 Å². The topological polar surface area (TPSA) is 147 Å². The number of hydrogen-bond acceptors (Lipinski definition) is 13. The smallest absolute Gasteiger partial charge is 0.475 e. The van der Waals surface area contributed by atoms with Crippen molar-refractivity contribution in [2.75, 3.05) is 35.0 Å². The Hall–Kier alpha value is -5.04. The Morgan fingerprint density at radius 1 is 0.596 bits per heavy atom. The minimum absolute atomic E-state index is 0.0143. The molecule has 0 radical (unpaired) electrons. The van der Waals surface area contributed by atoms with Crippen molar-refractivity contribution in [3.8, 4) is 23.0 Å². The first kappa shape index (κ1) is 38.2. The molecule has 0 fully saturated rings. The lowest BCUT2D eigenvalue weighted by Crippen LogP contribution is -2.35. The van der Waals surface area contributed by atoms with Crippen LogP contribution in [0.1, 0.15) is 22.3 Å². The van der Waals surface area contributed by atoms with Crippen LogP contribution in [0.15, 0.2) is 109 Å². The van der Waals surface area contributed by atoms with Gasteiger partial charge in [0.1, 0.15) is 42.3 Å². The van der Waals surface area contributed by atoms with Gasteiger partial charge in [-0.3, -0.25) is 13.6 Å². The summed E-state index contributed by atoms with van der Waals surface area (Å²) in [5.74, 6) is 1.40. The van der Waals surface area contributed by atoms with Crippen molar-refractivity contribution < 1.29 is 61.2 Å². The minimum atomic E-state index is -4.49. The normalized spacial score (nSPS) is 14.8. The molecular formula is C38H41O13P. The van der Waals surface area contributed by atoms with Crippen LogP contribution in [0.4, 0.5) is 0 Å². The van der Waals surface area contributed by atoms with E-state index in [1.807, 2.05) is 0 Å². The fourth-order valence-corrected chi connectivity index (χ4v) is 6.25. The summed E-state index contributed by atoms with van der Waals surface area (Å²) in [7, 11) is 1.72. The zero-order chi connectivity index (χ0) is 36.9. The Labute approximate surface area is 302 Å². The number of aliphatic hydroxyl groups excluding tert-OH is 1. The number of cyclic esters (lactones) is 1. The van der Waals surface area contributed by atoms with Crippen LogP contribution < -0.4 is 18.9 Å². The molecule has 0 amide bonds.